The quantitative estimate of drug-likeness (QED) is 0.652. The Kier molecular flexibility index (Phi) is 4.84. The van der Waals surface area contributed by atoms with Gasteiger partial charge in [0.1, 0.15) is 0 Å². The number of nitrogens with zero attached hydrogens (tertiary/aromatic N) is 2. The van der Waals surface area contributed by atoms with E-state index in [-0.39, 0.29) is 11.5 Å². The highest BCUT2D eigenvalue weighted by Gasteiger charge is 2.14. The highest BCUT2D eigenvalue weighted by atomic mass is 16.6. The molecule has 0 amide bonds. The van der Waals surface area contributed by atoms with Gasteiger partial charge in [0, 0.05) is 25.9 Å². The van der Waals surface area contributed by atoms with Gasteiger partial charge in [-0.3, -0.25) is 10.1 Å². The number of hydrogen-bond acceptors (Lipinski definition) is 5. The van der Waals surface area contributed by atoms with E-state index in [0.717, 1.165) is 16.7 Å². The van der Waals surface area contributed by atoms with E-state index in [9.17, 15) is 10.1 Å². The zero-order chi connectivity index (χ0) is 15.2. The van der Waals surface area contributed by atoms with E-state index < -0.39 is 4.92 Å². The molecular weight excluding hydrogens is 270 g/mol. The second-order valence-corrected chi connectivity index (χ2v) is 4.74. The Morgan fingerprint density at radius 3 is 2.81 bits per heavy atom. The van der Waals surface area contributed by atoms with Crippen molar-refractivity contribution < 1.29 is 9.66 Å². The molecule has 0 saturated heterocycles. The number of anilines is 1. The van der Waals surface area contributed by atoms with Gasteiger partial charge in [-0.25, -0.2) is 4.98 Å². The molecule has 0 aliphatic carbocycles. The third-order valence-electron chi connectivity index (χ3n) is 2.96. The molecule has 6 heteroatoms. The van der Waals surface area contributed by atoms with Crippen molar-refractivity contribution in [3.05, 3.63) is 63.3 Å². The zero-order valence-electron chi connectivity index (χ0n) is 12.0. The van der Waals surface area contributed by atoms with Crippen LogP contribution in [0.1, 0.15) is 16.7 Å². The lowest BCUT2D eigenvalue weighted by atomic mass is 10.1. The van der Waals surface area contributed by atoms with Gasteiger partial charge >= 0.3 is 5.69 Å². The number of methoxy groups -OCH3 is 1. The van der Waals surface area contributed by atoms with Crippen molar-refractivity contribution in [3.63, 3.8) is 0 Å². The summed E-state index contributed by atoms with van der Waals surface area (Å²) in [7, 11) is 1.64. The molecule has 1 aromatic carbocycles. The van der Waals surface area contributed by atoms with Gasteiger partial charge in [0.05, 0.1) is 11.5 Å². The molecule has 2 rings (SSSR count). The second kappa shape index (κ2) is 6.81. The Bertz CT molecular complexity index is 644. The van der Waals surface area contributed by atoms with Gasteiger partial charge in [-0.1, -0.05) is 24.3 Å². The molecule has 2 aromatic rings. The van der Waals surface area contributed by atoms with Crippen molar-refractivity contribution in [1.29, 1.82) is 0 Å². The Morgan fingerprint density at radius 2 is 2.10 bits per heavy atom. The van der Waals surface area contributed by atoms with Crippen LogP contribution in [0.4, 0.5) is 11.5 Å². The predicted octanol–water partition coefficient (Wildman–Crippen LogP) is 3.06. The van der Waals surface area contributed by atoms with Gasteiger partial charge < -0.3 is 10.1 Å². The maximum absolute atomic E-state index is 11.0. The van der Waals surface area contributed by atoms with Gasteiger partial charge in [0.25, 0.3) is 0 Å². The minimum atomic E-state index is -0.427. The summed E-state index contributed by atoms with van der Waals surface area (Å²) in [6, 6.07) is 9.36. The molecule has 0 aliphatic heterocycles. The summed E-state index contributed by atoms with van der Waals surface area (Å²) < 4.78 is 5.09. The number of rotatable bonds is 6. The van der Waals surface area contributed by atoms with Crippen LogP contribution in [-0.4, -0.2) is 17.0 Å². The van der Waals surface area contributed by atoms with Crippen LogP contribution in [0.15, 0.2) is 36.5 Å². The van der Waals surface area contributed by atoms with Crippen LogP contribution in [0.5, 0.6) is 0 Å². The second-order valence-electron chi connectivity index (χ2n) is 4.74. The number of nitrogens with one attached hydrogen (secondary N) is 1. The standard InChI is InChI=1S/C15H17N3O3/c1-11-6-14(18(19)20)15(16-8-11)17-9-12-4-3-5-13(7-12)10-21-2/h3-8H,9-10H2,1-2H3,(H,16,17). The van der Waals surface area contributed by atoms with Crippen molar-refractivity contribution in [1.82, 2.24) is 4.98 Å². The minimum absolute atomic E-state index is 0.0111. The third kappa shape index (κ3) is 4.00. The average Bonchev–Trinajstić information content (AvgIpc) is 2.46. The third-order valence-corrected chi connectivity index (χ3v) is 2.96. The summed E-state index contributed by atoms with van der Waals surface area (Å²) in [6.07, 6.45) is 1.61. The van der Waals surface area contributed by atoms with E-state index in [1.165, 1.54) is 6.07 Å². The highest BCUT2D eigenvalue weighted by Crippen LogP contribution is 2.23. The molecule has 21 heavy (non-hydrogen) atoms. The molecule has 6 nitrogen and oxygen atoms in total. The fourth-order valence-electron chi connectivity index (χ4n) is 2.01. The van der Waals surface area contributed by atoms with Crippen molar-refractivity contribution in [3.8, 4) is 0 Å². The Morgan fingerprint density at radius 1 is 1.33 bits per heavy atom. The first-order valence-corrected chi connectivity index (χ1v) is 6.52. The molecule has 0 bridgehead atoms. The van der Waals surface area contributed by atoms with E-state index in [1.807, 2.05) is 24.3 Å². The first-order chi connectivity index (χ1) is 10.1. The Balaban J connectivity index is 2.13. The molecule has 0 radical (unpaired) electrons. The lowest BCUT2D eigenvalue weighted by molar-refractivity contribution is -0.384. The molecule has 0 spiro atoms. The van der Waals surface area contributed by atoms with Gasteiger partial charge in [0.15, 0.2) is 0 Å². The number of aromatic nitrogens is 1. The molecule has 0 fully saturated rings. The summed E-state index contributed by atoms with van der Waals surface area (Å²) in [5.74, 6) is 0.280. The molecular formula is C15H17N3O3. The molecule has 1 N–H and O–H groups in total. The topological polar surface area (TPSA) is 77.3 Å². The number of aryl methyl sites for hydroxylation is 1. The normalized spacial score (nSPS) is 10.4. The summed E-state index contributed by atoms with van der Waals surface area (Å²) in [5.41, 5.74) is 2.82. The molecule has 0 atom stereocenters. The number of benzene rings is 1. The fourth-order valence-corrected chi connectivity index (χ4v) is 2.01. The van der Waals surface area contributed by atoms with Crippen LogP contribution in [0.25, 0.3) is 0 Å². The maximum atomic E-state index is 11.0. The number of ether oxygens (including phenoxy) is 1. The minimum Gasteiger partial charge on any atom is -0.380 e. The van der Waals surface area contributed by atoms with E-state index >= 15 is 0 Å². The highest BCUT2D eigenvalue weighted by molar-refractivity contribution is 5.56. The summed E-state index contributed by atoms with van der Waals surface area (Å²) in [5, 5.41) is 14.0. The van der Waals surface area contributed by atoms with Gasteiger partial charge in [0.2, 0.25) is 5.82 Å². The van der Waals surface area contributed by atoms with Crippen LogP contribution in [0.2, 0.25) is 0 Å². The summed E-state index contributed by atoms with van der Waals surface area (Å²) in [4.78, 5) is 14.7. The van der Waals surface area contributed by atoms with E-state index in [4.69, 9.17) is 4.74 Å². The average molecular weight is 287 g/mol. The van der Waals surface area contributed by atoms with Crippen LogP contribution in [0, 0.1) is 17.0 Å². The van der Waals surface area contributed by atoms with Crippen LogP contribution >= 0.6 is 0 Å². The van der Waals surface area contributed by atoms with E-state index in [0.29, 0.717) is 13.2 Å². The van der Waals surface area contributed by atoms with Crippen molar-refractivity contribution >= 4 is 11.5 Å². The zero-order valence-corrected chi connectivity index (χ0v) is 12.0. The SMILES string of the molecule is COCc1cccc(CNc2ncc(C)cc2[N+](=O)[O-])c1. The molecule has 110 valence electrons. The van der Waals surface area contributed by atoms with E-state index in [1.54, 1.807) is 20.2 Å². The maximum Gasteiger partial charge on any atom is 0.311 e. The molecule has 1 aromatic heterocycles. The number of nitro groups is 1. The fraction of sp³-hybridized carbons (Fsp3) is 0.267. The molecule has 0 aliphatic rings. The predicted molar refractivity (Wildman–Crippen MR) is 80.1 cm³/mol. The lowest BCUT2D eigenvalue weighted by Gasteiger charge is -2.08. The first kappa shape index (κ1) is 14.9. The molecule has 1 heterocycles. The molecule has 0 saturated carbocycles. The van der Waals surface area contributed by atoms with Crippen LogP contribution < -0.4 is 5.32 Å². The Hall–Kier alpha value is -2.47. The summed E-state index contributed by atoms with van der Waals surface area (Å²) in [6.45, 7) is 2.78. The van der Waals surface area contributed by atoms with Crippen LogP contribution in [-0.2, 0) is 17.9 Å². The van der Waals surface area contributed by atoms with Gasteiger partial charge in [-0.05, 0) is 23.6 Å². The lowest BCUT2D eigenvalue weighted by Crippen LogP contribution is -2.05. The number of hydrogen-bond donors (Lipinski definition) is 1. The first-order valence-electron chi connectivity index (χ1n) is 6.52. The van der Waals surface area contributed by atoms with Crippen molar-refractivity contribution in [2.45, 2.75) is 20.1 Å². The van der Waals surface area contributed by atoms with Gasteiger partial charge in [-0.15, -0.1) is 0 Å². The monoisotopic (exact) mass is 287 g/mol. The Labute approximate surface area is 122 Å². The van der Waals surface area contributed by atoms with Gasteiger partial charge in [-0.2, -0.15) is 0 Å². The molecule has 0 unspecified atom stereocenters. The number of pyridine rings is 1. The largest absolute Gasteiger partial charge is 0.380 e. The van der Waals surface area contributed by atoms with Crippen molar-refractivity contribution in [2.24, 2.45) is 0 Å². The van der Waals surface area contributed by atoms with Crippen LogP contribution in [0.3, 0.4) is 0 Å². The van der Waals surface area contributed by atoms with Crippen molar-refractivity contribution in [2.75, 3.05) is 12.4 Å². The summed E-state index contributed by atoms with van der Waals surface area (Å²) >= 11 is 0. The smallest absolute Gasteiger partial charge is 0.311 e. The van der Waals surface area contributed by atoms with E-state index in [2.05, 4.69) is 10.3 Å².